The number of likely N-dealkylation sites (tertiary alicyclic amines) is 1. The topological polar surface area (TPSA) is 79.2 Å². The number of carbonyl (C=O) groups excluding carboxylic acids is 1. The van der Waals surface area contributed by atoms with E-state index in [0.29, 0.717) is 23.6 Å². The number of carbonyl (C=O) groups is 1. The molecular weight excluding hydrogens is 298 g/mol. The van der Waals surface area contributed by atoms with Crippen LogP contribution in [-0.2, 0) is 0 Å². The van der Waals surface area contributed by atoms with Gasteiger partial charge in [-0.1, -0.05) is 0 Å². The molecule has 128 valence electrons. The molecule has 0 bridgehead atoms. The lowest BCUT2D eigenvalue weighted by Gasteiger charge is -2.30. The minimum atomic E-state index is -0.623. The average molecular weight is 323 g/mol. The molecule has 1 aromatic rings. The zero-order valence-electron chi connectivity index (χ0n) is 13.7. The second kappa shape index (κ2) is 8.29. The number of aliphatic hydroxyl groups is 2. The van der Waals surface area contributed by atoms with Gasteiger partial charge in [-0.3, -0.25) is 4.79 Å². The van der Waals surface area contributed by atoms with Crippen LogP contribution in [0.4, 0.5) is 0 Å². The van der Waals surface area contributed by atoms with Crippen LogP contribution in [0.1, 0.15) is 30.1 Å². The monoisotopic (exact) mass is 323 g/mol. The zero-order chi connectivity index (χ0) is 16.8. The fraction of sp³-hybridized carbons (Fsp3) is 0.588. The molecule has 1 saturated heterocycles. The van der Waals surface area contributed by atoms with Gasteiger partial charge in [0.25, 0.3) is 0 Å². The number of ether oxygens (including phenoxy) is 2. The molecule has 0 spiro atoms. The van der Waals surface area contributed by atoms with Gasteiger partial charge in [0.2, 0.25) is 0 Å². The molecule has 0 saturated carbocycles. The number of Topliss-reactive ketones (excluding diaryl/α,β-unsaturated/α-hetero) is 1. The first-order valence-corrected chi connectivity index (χ1v) is 7.90. The summed E-state index contributed by atoms with van der Waals surface area (Å²) in [5.41, 5.74) is 0.557. The predicted molar refractivity (Wildman–Crippen MR) is 86.2 cm³/mol. The minimum Gasteiger partial charge on any atom is -0.493 e. The van der Waals surface area contributed by atoms with Crippen molar-refractivity contribution in [1.29, 1.82) is 0 Å². The third-order valence-electron chi connectivity index (χ3n) is 4.03. The maximum absolute atomic E-state index is 11.4. The van der Waals surface area contributed by atoms with Crippen LogP contribution in [0.25, 0.3) is 0 Å². The van der Waals surface area contributed by atoms with Crippen molar-refractivity contribution < 1.29 is 24.5 Å². The SMILES string of the molecule is COc1cc(C(C)=O)ccc1OCC(O)CN1CCC(O)CC1. The molecular formula is C17H25NO5. The number of benzene rings is 1. The summed E-state index contributed by atoms with van der Waals surface area (Å²) in [6.45, 7) is 3.73. The van der Waals surface area contributed by atoms with Crippen LogP contribution in [0.3, 0.4) is 0 Å². The Hall–Kier alpha value is -1.63. The van der Waals surface area contributed by atoms with Gasteiger partial charge in [-0.2, -0.15) is 0 Å². The van der Waals surface area contributed by atoms with Crippen molar-refractivity contribution in [3.8, 4) is 11.5 Å². The summed E-state index contributed by atoms with van der Waals surface area (Å²) < 4.78 is 10.9. The number of hydrogen-bond acceptors (Lipinski definition) is 6. The number of ketones is 1. The Bertz CT molecular complexity index is 526. The highest BCUT2D eigenvalue weighted by Gasteiger charge is 2.20. The summed E-state index contributed by atoms with van der Waals surface area (Å²) in [6.07, 6.45) is 0.646. The number of β-amino-alcohol motifs (C(OH)–C–C–N with tert-alkyl or cyclic N) is 1. The van der Waals surface area contributed by atoms with Gasteiger partial charge in [-0.05, 0) is 38.0 Å². The Balaban J connectivity index is 1.86. The standard InChI is InChI=1S/C17H25NO5/c1-12(19)13-3-4-16(17(9-13)22-2)23-11-15(21)10-18-7-5-14(20)6-8-18/h3-4,9,14-15,20-21H,5-8,10-11H2,1-2H3. The van der Waals surface area contributed by atoms with Crippen LogP contribution < -0.4 is 9.47 Å². The smallest absolute Gasteiger partial charge is 0.161 e. The summed E-state index contributed by atoms with van der Waals surface area (Å²) in [5.74, 6) is 0.943. The fourth-order valence-electron chi connectivity index (χ4n) is 2.64. The van der Waals surface area contributed by atoms with E-state index in [1.165, 1.54) is 14.0 Å². The molecule has 1 aromatic carbocycles. The first kappa shape index (κ1) is 17.7. The third-order valence-corrected chi connectivity index (χ3v) is 4.03. The van der Waals surface area contributed by atoms with E-state index in [9.17, 15) is 15.0 Å². The molecule has 23 heavy (non-hydrogen) atoms. The number of rotatable bonds is 7. The van der Waals surface area contributed by atoms with Gasteiger partial charge < -0.3 is 24.6 Å². The van der Waals surface area contributed by atoms with Crippen LogP contribution in [-0.4, -0.2) is 66.5 Å². The molecule has 0 aromatic heterocycles. The van der Waals surface area contributed by atoms with Gasteiger partial charge in [0.1, 0.15) is 12.7 Å². The first-order valence-electron chi connectivity index (χ1n) is 7.90. The van der Waals surface area contributed by atoms with Crippen LogP contribution in [0.15, 0.2) is 18.2 Å². The fourth-order valence-corrected chi connectivity index (χ4v) is 2.64. The Morgan fingerprint density at radius 1 is 1.35 bits per heavy atom. The van der Waals surface area contributed by atoms with Crippen molar-refractivity contribution in [1.82, 2.24) is 4.90 Å². The zero-order valence-corrected chi connectivity index (χ0v) is 13.7. The summed E-state index contributed by atoms with van der Waals surface area (Å²) in [7, 11) is 1.52. The van der Waals surface area contributed by atoms with Crippen molar-refractivity contribution in [3.63, 3.8) is 0 Å². The molecule has 1 aliphatic heterocycles. The van der Waals surface area contributed by atoms with E-state index < -0.39 is 6.10 Å². The number of nitrogens with zero attached hydrogens (tertiary/aromatic N) is 1. The highest BCUT2D eigenvalue weighted by atomic mass is 16.5. The minimum absolute atomic E-state index is 0.0397. The molecule has 0 radical (unpaired) electrons. The molecule has 6 heteroatoms. The Kier molecular flexibility index (Phi) is 6.38. The molecule has 1 unspecified atom stereocenters. The van der Waals surface area contributed by atoms with Crippen LogP contribution >= 0.6 is 0 Å². The molecule has 0 aliphatic carbocycles. The first-order chi connectivity index (χ1) is 11.0. The lowest BCUT2D eigenvalue weighted by molar-refractivity contribution is 0.0333. The van der Waals surface area contributed by atoms with Gasteiger partial charge in [-0.15, -0.1) is 0 Å². The maximum Gasteiger partial charge on any atom is 0.161 e. The normalized spacial score (nSPS) is 17.7. The summed E-state index contributed by atoms with van der Waals surface area (Å²) in [6, 6.07) is 4.99. The largest absolute Gasteiger partial charge is 0.493 e. The second-order valence-electron chi connectivity index (χ2n) is 5.92. The van der Waals surface area contributed by atoms with E-state index in [-0.39, 0.29) is 18.5 Å². The number of methoxy groups -OCH3 is 1. The molecule has 1 aliphatic rings. The van der Waals surface area contributed by atoms with Gasteiger partial charge >= 0.3 is 0 Å². The Labute approximate surface area is 136 Å². The molecule has 2 rings (SSSR count). The van der Waals surface area contributed by atoms with Crippen molar-refractivity contribution in [2.24, 2.45) is 0 Å². The number of hydrogen-bond donors (Lipinski definition) is 2. The van der Waals surface area contributed by atoms with Crippen molar-refractivity contribution in [2.75, 3.05) is 33.4 Å². The lowest BCUT2D eigenvalue weighted by Crippen LogP contribution is -2.41. The summed E-state index contributed by atoms with van der Waals surface area (Å²) >= 11 is 0. The van der Waals surface area contributed by atoms with Gasteiger partial charge in [0.05, 0.1) is 13.2 Å². The van der Waals surface area contributed by atoms with Crippen molar-refractivity contribution in [2.45, 2.75) is 32.0 Å². The third kappa shape index (κ3) is 5.20. The molecule has 1 fully saturated rings. The maximum atomic E-state index is 11.4. The van der Waals surface area contributed by atoms with E-state index in [2.05, 4.69) is 4.90 Å². The molecule has 1 atom stereocenters. The Morgan fingerprint density at radius 2 is 2.04 bits per heavy atom. The van der Waals surface area contributed by atoms with Crippen molar-refractivity contribution >= 4 is 5.78 Å². The number of aliphatic hydroxyl groups excluding tert-OH is 2. The van der Waals surface area contributed by atoms with E-state index in [4.69, 9.17) is 9.47 Å². The van der Waals surface area contributed by atoms with E-state index in [1.807, 2.05) is 0 Å². The van der Waals surface area contributed by atoms with Gasteiger partial charge in [0, 0.05) is 25.2 Å². The van der Waals surface area contributed by atoms with Crippen LogP contribution in [0.2, 0.25) is 0 Å². The average Bonchev–Trinajstić information content (AvgIpc) is 2.54. The molecule has 0 amide bonds. The van der Waals surface area contributed by atoms with E-state index in [1.54, 1.807) is 18.2 Å². The van der Waals surface area contributed by atoms with E-state index >= 15 is 0 Å². The van der Waals surface area contributed by atoms with Gasteiger partial charge in [0.15, 0.2) is 17.3 Å². The van der Waals surface area contributed by atoms with Crippen LogP contribution in [0.5, 0.6) is 11.5 Å². The van der Waals surface area contributed by atoms with Crippen LogP contribution in [0, 0.1) is 0 Å². The second-order valence-corrected chi connectivity index (χ2v) is 5.92. The quantitative estimate of drug-likeness (QED) is 0.732. The van der Waals surface area contributed by atoms with Crippen molar-refractivity contribution in [3.05, 3.63) is 23.8 Å². The van der Waals surface area contributed by atoms with Gasteiger partial charge in [-0.25, -0.2) is 0 Å². The Morgan fingerprint density at radius 3 is 2.65 bits per heavy atom. The molecule has 6 nitrogen and oxygen atoms in total. The highest BCUT2D eigenvalue weighted by Crippen LogP contribution is 2.28. The molecule has 1 heterocycles. The van der Waals surface area contributed by atoms with E-state index in [0.717, 1.165) is 25.9 Å². The molecule has 2 N–H and O–H groups in total. The lowest BCUT2D eigenvalue weighted by atomic mass is 10.1. The number of piperidine rings is 1. The summed E-state index contributed by atoms with van der Waals surface area (Å²) in [4.78, 5) is 13.5. The summed E-state index contributed by atoms with van der Waals surface area (Å²) in [5, 5.41) is 19.6. The highest BCUT2D eigenvalue weighted by molar-refractivity contribution is 5.94. The predicted octanol–water partition coefficient (Wildman–Crippen LogP) is 1.09.